The van der Waals surface area contributed by atoms with Crippen molar-refractivity contribution >= 4 is 11.6 Å². The number of hydrogen-bond acceptors (Lipinski definition) is 2. The molecule has 0 heterocycles. The molecule has 0 radical (unpaired) electrons. The number of nitrogen functional groups attached to an aromatic ring is 1. The molecular weight excluding hydrogens is 269 g/mol. The van der Waals surface area contributed by atoms with Crippen molar-refractivity contribution in [2.24, 2.45) is 5.92 Å². The summed E-state index contributed by atoms with van der Waals surface area (Å²) in [7, 11) is 0. The molecule has 1 aromatic carbocycles. The van der Waals surface area contributed by atoms with Gasteiger partial charge in [0.1, 0.15) is 6.54 Å². The van der Waals surface area contributed by atoms with Crippen LogP contribution in [0.4, 0.5) is 18.9 Å². The zero-order valence-corrected chi connectivity index (χ0v) is 11.6. The second kappa shape index (κ2) is 6.63. The van der Waals surface area contributed by atoms with Gasteiger partial charge in [0.05, 0.1) is 6.42 Å². The Balaban J connectivity index is 2.80. The molecule has 0 aliphatic rings. The molecule has 0 fully saturated rings. The first-order valence-corrected chi connectivity index (χ1v) is 6.37. The van der Waals surface area contributed by atoms with Gasteiger partial charge in [-0.25, -0.2) is 0 Å². The lowest BCUT2D eigenvalue weighted by Gasteiger charge is -2.26. The maximum absolute atomic E-state index is 12.5. The van der Waals surface area contributed by atoms with E-state index in [0.717, 1.165) is 4.90 Å². The molecule has 0 saturated heterocycles. The number of benzene rings is 1. The number of nitrogens with two attached hydrogens (primary N) is 1. The molecule has 112 valence electrons. The van der Waals surface area contributed by atoms with Crippen LogP contribution < -0.4 is 5.73 Å². The third kappa shape index (κ3) is 5.50. The Kier molecular flexibility index (Phi) is 5.42. The standard InChI is InChI=1S/C14H19F3N2O/c1-10(2)8-19(9-14(15,16)17)13(20)7-11-5-3-4-6-12(11)18/h3-6,10H,7-9,18H2,1-2H3. The summed E-state index contributed by atoms with van der Waals surface area (Å²) in [5.41, 5.74) is 6.67. The van der Waals surface area contributed by atoms with Crippen LogP contribution in [0.3, 0.4) is 0 Å². The van der Waals surface area contributed by atoms with E-state index in [2.05, 4.69) is 0 Å². The van der Waals surface area contributed by atoms with Crippen LogP contribution in [0.1, 0.15) is 19.4 Å². The number of alkyl halides is 3. The van der Waals surface area contributed by atoms with E-state index >= 15 is 0 Å². The molecule has 1 amide bonds. The van der Waals surface area contributed by atoms with Gasteiger partial charge in [0.25, 0.3) is 0 Å². The topological polar surface area (TPSA) is 46.3 Å². The van der Waals surface area contributed by atoms with Crippen LogP contribution in [-0.4, -0.2) is 30.1 Å². The molecule has 0 atom stereocenters. The molecule has 0 aliphatic heterocycles. The first-order valence-electron chi connectivity index (χ1n) is 6.37. The quantitative estimate of drug-likeness (QED) is 0.847. The summed E-state index contributed by atoms with van der Waals surface area (Å²) in [5, 5.41) is 0. The molecule has 1 rings (SSSR count). The first kappa shape index (κ1) is 16.3. The molecule has 0 bridgehead atoms. The van der Waals surface area contributed by atoms with Gasteiger partial charge in [-0.2, -0.15) is 13.2 Å². The second-order valence-electron chi connectivity index (χ2n) is 5.16. The van der Waals surface area contributed by atoms with Crippen LogP contribution >= 0.6 is 0 Å². The van der Waals surface area contributed by atoms with Crippen molar-refractivity contribution in [2.75, 3.05) is 18.8 Å². The zero-order chi connectivity index (χ0) is 15.3. The Hall–Kier alpha value is -1.72. The van der Waals surface area contributed by atoms with E-state index in [1.165, 1.54) is 0 Å². The second-order valence-corrected chi connectivity index (χ2v) is 5.16. The van der Waals surface area contributed by atoms with Crippen molar-refractivity contribution in [3.8, 4) is 0 Å². The third-order valence-electron chi connectivity index (χ3n) is 2.71. The van der Waals surface area contributed by atoms with Crippen molar-refractivity contribution < 1.29 is 18.0 Å². The fourth-order valence-electron chi connectivity index (χ4n) is 1.88. The lowest BCUT2D eigenvalue weighted by Crippen LogP contribution is -2.41. The number of nitrogens with zero attached hydrogens (tertiary/aromatic N) is 1. The zero-order valence-electron chi connectivity index (χ0n) is 11.6. The van der Waals surface area contributed by atoms with Crippen LogP contribution in [0.5, 0.6) is 0 Å². The average molecular weight is 288 g/mol. The fraction of sp³-hybridized carbons (Fsp3) is 0.500. The van der Waals surface area contributed by atoms with Crippen molar-refractivity contribution in [1.29, 1.82) is 0 Å². The molecule has 0 unspecified atom stereocenters. The summed E-state index contributed by atoms with van der Waals surface area (Å²) < 4.78 is 37.5. The average Bonchev–Trinajstić information content (AvgIpc) is 2.28. The number of amides is 1. The van der Waals surface area contributed by atoms with Crippen LogP contribution in [-0.2, 0) is 11.2 Å². The van der Waals surface area contributed by atoms with E-state index in [0.29, 0.717) is 11.3 Å². The van der Waals surface area contributed by atoms with E-state index < -0.39 is 18.6 Å². The minimum absolute atomic E-state index is 0.0329. The van der Waals surface area contributed by atoms with Crippen molar-refractivity contribution in [2.45, 2.75) is 26.4 Å². The largest absolute Gasteiger partial charge is 0.406 e. The number of anilines is 1. The Morgan fingerprint density at radius 1 is 1.30 bits per heavy atom. The number of hydrogen-bond donors (Lipinski definition) is 1. The summed E-state index contributed by atoms with van der Waals surface area (Å²) in [4.78, 5) is 12.9. The smallest absolute Gasteiger partial charge is 0.398 e. The highest BCUT2D eigenvalue weighted by Crippen LogP contribution is 2.19. The first-order chi connectivity index (χ1) is 9.19. The number of carbonyl (C=O) groups is 1. The minimum Gasteiger partial charge on any atom is -0.398 e. The maximum atomic E-state index is 12.5. The van der Waals surface area contributed by atoms with Gasteiger partial charge < -0.3 is 10.6 Å². The normalized spacial score (nSPS) is 11.7. The van der Waals surface area contributed by atoms with Crippen molar-refractivity contribution in [1.82, 2.24) is 4.90 Å². The highest BCUT2D eigenvalue weighted by molar-refractivity contribution is 5.80. The minimum atomic E-state index is -4.40. The number of para-hydroxylation sites is 1. The SMILES string of the molecule is CC(C)CN(CC(F)(F)F)C(=O)Cc1ccccc1N. The van der Waals surface area contributed by atoms with E-state index in [9.17, 15) is 18.0 Å². The fourth-order valence-corrected chi connectivity index (χ4v) is 1.88. The molecule has 0 aromatic heterocycles. The molecule has 3 nitrogen and oxygen atoms in total. The van der Waals surface area contributed by atoms with Crippen LogP contribution in [0.15, 0.2) is 24.3 Å². The summed E-state index contributed by atoms with van der Waals surface area (Å²) >= 11 is 0. The van der Waals surface area contributed by atoms with Gasteiger partial charge in [-0.15, -0.1) is 0 Å². The molecule has 0 spiro atoms. The highest BCUT2D eigenvalue weighted by Gasteiger charge is 2.33. The third-order valence-corrected chi connectivity index (χ3v) is 2.71. The van der Waals surface area contributed by atoms with Gasteiger partial charge in [0.15, 0.2) is 0 Å². The van der Waals surface area contributed by atoms with Crippen molar-refractivity contribution in [3.05, 3.63) is 29.8 Å². The van der Waals surface area contributed by atoms with Crippen LogP contribution in [0, 0.1) is 5.92 Å². The predicted molar refractivity (Wildman–Crippen MR) is 72.0 cm³/mol. The molecule has 0 saturated carbocycles. The Morgan fingerprint density at radius 2 is 1.90 bits per heavy atom. The van der Waals surface area contributed by atoms with Gasteiger partial charge in [-0.1, -0.05) is 32.0 Å². The van der Waals surface area contributed by atoms with Gasteiger partial charge >= 0.3 is 6.18 Å². The number of halogens is 3. The lowest BCUT2D eigenvalue weighted by molar-refractivity contribution is -0.161. The van der Waals surface area contributed by atoms with Crippen molar-refractivity contribution in [3.63, 3.8) is 0 Å². The van der Waals surface area contributed by atoms with Gasteiger partial charge in [-0.3, -0.25) is 4.79 Å². The Morgan fingerprint density at radius 3 is 2.40 bits per heavy atom. The predicted octanol–water partition coefficient (Wildman–Crippen LogP) is 2.86. The monoisotopic (exact) mass is 288 g/mol. The summed E-state index contributed by atoms with van der Waals surface area (Å²) in [6.07, 6.45) is -4.51. The molecular formula is C14H19F3N2O. The van der Waals surface area contributed by atoms with E-state index in [-0.39, 0.29) is 18.9 Å². The van der Waals surface area contributed by atoms with E-state index in [1.807, 2.05) is 0 Å². The molecule has 2 N–H and O–H groups in total. The molecule has 20 heavy (non-hydrogen) atoms. The Bertz CT molecular complexity index is 458. The number of carbonyl (C=O) groups excluding carboxylic acids is 1. The van der Waals surface area contributed by atoms with Gasteiger partial charge in [-0.05, 0) is 17.5 Å². The highest BCUT2D eigenvalue weighted by atomic mass is 19.4. The molecule has 0 aliphatic carbocycles. The summed E-state index contributed by atoms with van der Waals surface area (Å²) in [5.74, 6) is -0.594. The molecule has 1 aromatic rings. The van der Waals surface area contributed by atoms with Gasteiger partial charge in [0, 0.05) is 12.2 Å². The van der Waals surface area contributed by atoms with E-state index in [4.69, 9.17) is 5.73 Å². The van der Waals surface area contributed by atoms with Crippen LogP contribution in [0.2, 0.25) is 0 Å². The maximum Gasteiger partial charge on any atom is 0.406 e. The lowest BCUT2D eigenvalue weighted by atomic mass is 10.1. The van der Waals surface area contributed by atoms with Crippen LogP contribution in [0.25, 0.3) is 0 Å². The Labute approximate surface area is 116 Å². The van der Waals surface area contributed by atoms with Gasteiger partial charge in [0.2, 0.25) is 5.91 Å². The molecule has 6 heteroatoms. The van der Waals surface area contributed by atoms with E-state index in [1.54, 1.807) is 38.1 Å². The summed E-state index contributed by atoms with van der Waals surface area (Å²) in [6, 6.07) is 6.69. The number of rotatable bonds is 5. The summed E-state index contributed by atoms with van der Waals surface area (Å²) in [6.45, 7) is 2.39.